The lowest BCUT2D eigenvalue weighted by molar-refractivity contribution is 0.338. The van der Waals surface area contributed by atoms with Crippen LogP contribution in [0.25, 0.3) is 0 Å². The second kappa shape index (κ2) is 5.22. The van der Waals surface area contributed by atoms with Crippen molar-refractivity contribution in [1.82, 2.24) is 0 Å². The first-order valence-electron chi connectivity index (χ1n) is 5.62. The van der Waals surface area contributed by atoms with Gasteiger partial charge in [-0.15, -0.1) is 0 Å². The fraction of sp³-hybridized carbons (Fsp3) is 0.250. The molecule has 1 aromatic carbocycles. The van der Waals surface area contributed by atoms with Crippen molar-refractivity contribution in [2.45, 2.75) is 24.7 Å². The van der Waals surface area contributed by atoms with Crippen LogP contribution in [0, 0.1) is 6.92 Å². The summed E-state index contributed by atoms with van der Waals surface area (Å²) in [6.07, 6.45) is 1.04. The van der Waals surface area contributed by atoms with Gasteiger partial charge in [0.25, 0.3) is 0 Å². The van der Waals surface area contributed by atoms with E-state index in [9.17, 15) is 8.42 Å². The lowest BCUT2D eigenvalue weighted by atomic mass is 10.2. The summed E-state index contributed by atoms with van der Waals surface area (Å²) >= 11 is 5.87. The minimum atomic E-state index is -3.91. The summed E-state index contributed by atoms with van der Waals surface area (Å²) in [7, 11) is -3.91. The van der Waals surface area contributed by atoms with Gasteiger partial charge in [0.15, 0.2) is 0 Å². The van der Waals surface area contributed by atoms with E-state index in [2.05, 4.69) is 9.44 Å². The molecule has 1 aliphatic carbocycles. The highest BCUT2D eigenvalue weighted by molar-refractivity contribution is 7.86. The van der Waals surface area contributed by atoms with Crippen molar-refractivity contribution in [3.63, 3.8) is 0 Å². The third kappa shape index (κ3) is 3.08. The Labute approximate surface area is 116 Å². The third-order valence-corrected chi connectivity index (χ3v) is 4.30. The van der Waals surface area contributed by atoms with Crippen molar-refractivity contribution in [1.29, 1.82) is 0 Å². The lowest BCUT2D eigenvalue weighted by Gasteiger charge is -2.03. The number of halogens is 1. The Bertz CT molecular complexity index is 648. The molecule has 0 aliphatic heterocycles. The number of nitrogens with two attached hydrogens (primary N) is 1. The molecule has 0 fully saturated rings. The molecule has 19 heavy (non-hydrogen) atoms. The number of hydrogen-bond acceptors (Lipinski definition) is 5. The first kappa shape index (κ1) is 13.9. The fourth-order valence-corrected chi connectivity index (χ4v) is 2.55. The van der Waals surface area contributed by atoms with Crippen molar-refractivity contribution in [2.75, 3.05) is 0 Å². The molecule has 0 unspecified atom stereocenters. The first-order chi connectivity index (χ1) is 8.90. The molecule has 0 aromatic heterocycles. The molecular weight excluding hydrogens is 288 g/mol. The van der Waals surface area contributed by atoms with Crippen LogP contribution in [-0.2, 0) is 14.4 Å². The molecule has 0 amide bonds. The molecule has 7 heteroatoms. The van der Waals surface area contributed by atoms with E-state index in [0.717, 1.165) is 5.56 Å². The highest BCUT2D eigenvalue weighted by Gasteiger charge is 2.21. The monoisotopic (exact) mass is 300 g/mol. The molecule has 0 saturated heterocycles. The predicted octanol–water partition coefficient (Wildman–Crippen LogP) is 2.26. The van der Waals surface area contributed by atoms with Crippen LogP contribution < -0.4 is 5.73 Å². The van der Waals surface area contributed by atoms with Gasteiger partial charge in [0.1, 0.15) is 10.6 Å². The van der Waals surface area contributed by atoms with Crippen molar-refractivity contribution in [3.05, 3.63) is 40.6 Å². The molecule has 0 spiro atoms. The van der Waals surface area contributed by atoms with Crippen molar-refractivity contribution in [3.8, 4) is 0 Å². The first-order valence-corrected chi connectivity index (χ1v) is 7.40. The zero-order valence-electron chi connectivity index (χ0n) is 10.3. The van der Waals surface area contributed by atoms with Gasteiger partial charge in [-0.3, -0.25) is 4.28 Å². The average Bonchev–Trinajstić information content (AvgIpc) is 2.68. The number of oxime groups is 1. The molecule has 102 valence electrons. The van der Waals surface area contributed by atoms with Crippen molar-refractivity contribution >= 4 is 27.4 Å². The van der Waals surface area contributed by atoms with E-state index in [1.54, 1.807) is 12.1 Å². The van der Waals surface area contributed by atoms with E-state index >= 15 is 0 Å². The Kier molecular flexibility index (Phi) is 3.82. The van der Waals surface area contributed by atoms with E-state index < -0.39 is 10.1 Å². The Hall–Kier alpha value is -1.53. The smallest absolute Gasteiger partial charge is 0.358 e. The van der Waals surface area contributed by atoms with E-state index in [4.69, 9.17) is 17.3 Å². The van der Waals surface area contributed by atoms with E-state index in [1.165, 1.54) is 12.1 Å². The Morgan fingerprint density at radius 1 is 1.26 bits per heavy atom. The Balaban J connectivity index is 2.19. The van der Waals surface area contributed by atoms with Gasteiger partial charge < -0.3 is 5.73 Å². The zero-order chi connectivity index (χ0) is 14.0. The number of allylic oxidation sites excluding steroid dienone is 2. The molecule has 2 rings (SSSR count). The van der Waals surface area contributed by atoms with Crippen LogP contribution in [0.1, 0.15) is 18.4 Å². The lowest BCUT2D eigenvalue weighted by Crippen LogP contribution is -2.05. The van der Waals surface area contributed by atoms with Gasteiger partial charge >= 0.3 is 10.1 Å². The summed E-state index contributed by atoms with van der Waals surface area (Å²) in [6.45, 7) is 1.86. The van der Waals surface area contributed by atoms with Crippen LogP contribution in [0.5, 0.6) is 0 Å². The van der Waals surface area contributed by atoms with E-state index in [-0.39, 0.29) is 9.93 Å². The summed E-state index contributed by atoms with van der Waals surface area (Å²) in [6, 6.07) is 6.30. The van der Waals surface area contributed by atoms with Gasteiger partial charge in [-0.25, -0.2) is 0 Å². The normalized spacial score (nSPS) is 18.1. The summed E-state index contributed by atoms with van der Waals surface area (Å²) < 4.78 is 28.4. The molecule has 2 N–H and O–H groups in total. The van der Waals surface area contributed by atoms with Crippen molar-refractivity contribution < 1.29 is 12.7 Å². The van der Waals surface area contributed by atoms with Gasteiger partial charge in [-0.2, -0.15) is 8.42 Å². The summed E-state index contributed by atoms with van der Waals surface area (Å²) in [5, 5.41) is 3.86. The number of nitrogens with zero attached hydrogens (tertiary/aromatic N) is 1. The van der Waals surface area contributed by atoms with Gasteiger partial charge in [-0.1, -0.05) is 34.5 Å². The van der Waals surface area contributed by atoms with Crippen LogP contribution >= 0.6 is 11.6 Å². The molecule has 1 aromatic rings. The standard InChI is InChI=1S/C12H13ClN2O3S/c1-8-2-4-9(5-3-8)19(16,17)18-15-11-7-6-10(14)12(11)13/h2-5H,6-7,14H2,1H3/b15-11+. The molecule has 1 aliphatic rings. The maximum atomic E-state index is 11.9. The second-order valence-electron chi connectivity index (χ2n) is 4.22. The zero-order valence-corrected chi connectivity index (χ0v) is 11.8. The van der Waals surface area contributed by atoms with Crippen LogP contribution in [0.3, 0.4) is 0 Å². The molecular formula is C12H13ClN2O3S. The Morgan fingerprint density at radius 2 is 1.89 bits per heavy atom. The minimum absolute atomic E-state index is 0.0496. The number of aryl methyl sites for hydroxylation is 1. The average molecular weight is 301 g/mol. The maximum absolute atomic E-state index is 11.9. The van der Waals surface area contributed by atoms with Crippen LogP contribution in [0.2, 0.25) is 0 Å². The number of hydrogen-bond donors (Lipinski definition) is 1. The van der Waals surface area contributed by atoms with Crippen LogP contribution in [0.4, 0.5) is 0 Å². The summed E-state index contributed by atoms with van der Waals surface area (Å²) in [5.41, 5.74) is 7.41. The molecule has 0 atom stereocenters. The third-order valence-electron chi connectivity index (χ3n) is 2.72. The number of rotatable bonds is 3. The molecule has 0 radical (unpaired) electrons. The quantitative estimate of drug-likeness (QED) is 0.868. The molecule has 5 nitrogen and oxygen atoms in total. The van der Waals surface area contributed by atoms with Gasteiger partial charge in [-0.05, 0) is 25.5 Å². The molecule has 0 saturated carbocycles. The highest BCUT2D eigenvalue weighted by Crippen LogP contribution is 2.24. The fourth-order valence-electron chi connectivity index (χ4n) is 1.59. The predicted molar refractivity (Wildman–Crippen MR) is 73.2 cm³/mol. The van der Waals surface area contributed by atoms with Gasteiger partial charge in [0.05, 0.1) is 5.03 Å². The maximum Gasteiger partial charge on any atom is 0.358 e. The van der Waals surface area contributed by atoms with E-state index in [1.807, 2.05) is 6.92 Å². The topological polar surface area (TPSA) is 81.8 Å². The Morgan fingerprint density at radius 3 is 2.42 bits per heavy atom. The van der Waals surface area contributed by atoms with Crippen LogP contribution in [0.15, 0.2) is 45.0 Å². The summed E-state index contributed by atoms with van der Waals surface area (Å²) in [4.78, 5) is 0.0496. The van der Waals surface area contributed by atoms with Gasteiger partial charge in [0, 0.05) is 12.1 Å². The van der Waals surface area contributed by atoms with Crippen LogP contribution in [-0.4, -0.2) is 14.1 Å². The molecule has 0 heterocycles. The second-order valence-corrected chi connectivity index (χ2v) is 6.13. The highest BCUT2D eigenvalue weighted by atomic mass is 35.5. The number of benzene rings is 1. The largest absolute Gasteiger partial charge is 0.401 e. The summed E-state index contributed by atoms with van der Waals surface area (Å²) in [5.74, 6) is 0. The van der Waals surface area contributed by atoms with Crippen molar-refractivity contribution in [2.24, 2.45) is 10.9 Å². The SMILES string of the molecule is Cc1ccc(S(=O)(=O)O/N=C2\CCC(N)=C2Cl)cc1. The van der Waals surface area contributed by atoms with Gasteiger partial charge in [0.2, 0.25) is 0 Å². The van der Waals surface area contributed by atoms with E-state index in [0.29, 0.717) is 24.3 Å². The minimum Gasteiger partial charge on any atom is -0.401 e. The molecule has 0 bridgehead atoms.